The summed E-state index contributed by atoms with van der Waals surface area (Å²) in [6.45, 7) is 2.06. The van der Waals surface area contributed by atoms with Crippen molar-refractivity contribution in [1.82, 2.24) is 0 Å². The van der Waals surface area contributed by atoms with Crippen molar-refractivity contribution in [3.8, 4) is 5.75 Å². The van der Waals surface area contributed by atoms with E-state index in [-0.39, 0.29) is 5.91 Å². The number of hydrogen-bond donors (Lipinski definition) is 0. The van der Waals surface area contributed by atoms with E-state index in [2.05, 4.69) is 0 Å². The van der Waals surface area contributed by atoms with Crippen molar-refractivity contribution >= 4 is 11.6 Å². The number of carbonyl (C=O) groups is 1. The highest BCUT2D eigenvalue weighted by atomic mass is 16.5. The van der Waals surface area contributed by atoms with Crippen molar-refractivity contribution in [2.45, 2.75) is 13.5 Å². The van der Waals surface area contributed by atoms with Crippen molar-refractivity contribution < 1.29 is 9.53 Å². The fraction of sp³-hybridized carbons (Fsp3) is 0.188. The van der Waals surface area contributed by atoms with Crippen LogP contribution in [-0.4, -0.2) is 13.0 Å². The molecule has 0 unspecified atom stereocenters. The van der Waals surface area contributed by atoms with Gasteiger partial charge in [0.05, 0.1) is 0 Å². The Morgan fingerprint density at radius 3 is 2.53 bits per heavy atom. The summed E-state index contributed by atoms with van der Waals surface area (Å²) in [5.41, 5.74) is 1.95. The molecule has 0 saturated carbocycles. The number of hydrogen-bond acceptors (Lipinski definition) is 2. The smallest absolute Gasteiger partial charge is 0.223 e. The SMILES string of the molecule is CC(=O)N(C)c1cccc(OCc2ccccc2)c1. The molecule has 3 heteroatoms. The minimum absolute atomic E-state index is 0.000194. The standard InChI is InChI=1S/C16H17NO2/c1-13(18)17(2)15-9-6-10-16(11-15)19-12-14-7-4-3-5-8-14/h3-11H,12H2,1-2H3. The summed E-state index contributed by atoms with van der Waals surface area (Å²) in [6, 6.07) is 17.5. The van der Waals surface area contributed by atoms with Crippen LogP contribution in [0.1, 0.15) is 12.5 Å². The minimum atomic E-state index is 0.000194. The molecule has 0 aliphatic heterocycles. The number of ether oxygens (including phenoxy) is 1. The normalized spacial score (nSPS) is 10.0. The molecule has 0 aliphatic rings. The lowest BCUT2D eigenvalue weighted by atomic mass is 10.2. The third kappa shape index (κ3) is 3.58. The van der Waals surface area contributed by atoms with E-state index in [9.17, 15) is 4.79 Å². The Bertz CT molecular complexity index is 552. The zero-order valence-corrected chi connectivity index (χ0v) is 11.2. The fourth-order valence-electron chi connectivity index (χ4n) is 1.70. The third-order valence-corrected chi connectivity index (χ3v) is 2.93. The highest BCUT2D eigenvalue weighted by Gasteiger charge is 2.06. The molecule has 0 aliphatic carbocycles. The van der Waals surface area contributed by atoms with Crippen LogP contribution in [0.15, 0.2) is 54.6 Å². The number of nitrogens with zero attached hydrogens (tertiary/aromatic N) is 1. The van der Waals surface area contributed by atoms with Gasteiger partial charge in [0.25, 0.3) is 0 Å². The van der Waals surface area contributed by atoms with Gasteiger partial charge in [0.15, 0.2) is 0 Å². The molecule has 2 rings (SSSR count). The van der Waals surface area contributed by atoms with E-state index in [0.717, 1.165) is 17.0 Å². The van der Waals surface area contributed by atoms with Crippen LogP contribution in [0.25, 0.3) is 0 Å². The van der Waals surface area contributed by atoms with Crippen molar-refractivity contribution in [1.29, 1.82) is 0 Å². The maximum atomic E-state index is 11.3. The molecule has 0 heterocycles. The molecule has 0 spiro atoms. The van der Waals surface area contributed by atoms with E-state index in [1.165, 1.54) is 6.92 Å². The second-order valence-corrected chi connectivity index (χ2v) is 4.35. The number of benzene rings is 2. The van der Waals surface area contributed by atoms with Gasteiger partial charge in [-0.1, -0.05) is 36.4 Å². The molecule has 0 radical (unpaired) electrons. The highest BCUT2D eigenvalue weighted by Crippen LogP contribution is 2.21. The summed E-state index contributed by atoms with van der Waals surface area (Å²) in [7, 11) is 1.75. The van der Waals surface area contributed by atoms with Crippen LogP contribution in [0, 0.1) is 0 Å². The Morgan fingerprint density at radius 1 is 1.11 bits per heavy atom. The second-order valence-electron chi connectivity index (χ2n) is 4.35. The van der Waals surface area contributed by atoms with Gasteiger partial charge < -0.3 is 9.64 Å². The van der Waals surface area contributed by atoms with Gasteiger partial charge in [-0.15, -0.1) is 0 Å². The van der Waals surface area contributed by atoms with Crippen LogP contribution < -0.4 is 9.64 Å². The summed E-state index contributed by atoms with van der Waals surface area (Å²) in [6.07, 6.45) is 0. The molecule has 0 bridgehead atoms. The Labute approximate surface area is 113 Å². The predicted molar refractivity (Wildman–Crippen MR) is 76.3 cm³/mol. The Hall–Kier alpha value is -2.29. The van der Waals surface area contributed by atoms with Crippen molar-refractivity contribution in [2.75, 3.05) is 11.9 Å². The molecule has 0 aromatic heterocycles. The number of rotatable bonds is 4. The van der Waals surface area contributed by atoms with Gasteiger partial charge in [0.1, 0.15) is 12.4 Å². The van der Waals surface area contributed by atoms with Gasteiger partial charge in [-0.2, -0.15) is 0 Å². The Morgan fingerprint density at radius 2 is 1.84 bits per heavy atom. The lowest BCUT2D eigenvalue weighted by Gasteiger charge is -2.16. The molecule has 0 saturated heterocycles. The summed E-state index contributed by atoms with van der Waals surface area (Å²) in [5, 5.41) is 0. The largest absolute Gasteiger partial charge is 0.489 e. The third-order valence-electron chi connectivity index (χ3n) is 2.93. The average molecular weight is 255 g/mol. The number of amides is 1. The molecule has 1 amide bonds. The highest BCUT2D eigenvalue weighted by molar-refractivity contribution is 5.91. The lowest BCUT2D eigenvalue weighted by Crippen LogP contribution is -2.22. The number of carbonyl (C=O) groups excluding carboxylic acids is 1. The first kappa shape index (κ1) is 13.1. The first-order valence-corrected chi connectivity index (χ1v) is 6.18. The van der Waals surface area contributed by atoms with Gasteiger partial charge in [-0.3, -0.25) is 4.79 Å². The summed E-state index contributed by atoms with van der Waals surface area (Å²) in [4.78, 5) is 12.9. The van der Waals surface area contributed by atoms with Crippen molar-refractivity contribution in [2.24, 2.45) is 0 Å². The minimum Gasteiger partial charge on any atom is -0.489 e. The molecule has 0 fully saturated rings. The maximum absolute atomic E-state index is 11.3. The van der Waals surface area contributed by atoms with Crippen molar-refractivity contribution in [3.63, 3.8) is 0 Å². The Balaban J connectivity index is 2.05. The molecular weight excluding hydrogens is 238 g/mol. The summed E-state index contributed by atoms with van der Waals surface area (Å²) >= 11 is 0. The van der Waals surface area contributed by atoms with Crippen LogP contribution in [0.2, 0.25) is 0 Å². The average Bonchev–Trinajstić information content (AvgIpc) is 2.45. The molecule has 3 nitrogen and oxygen atoms in total. The fourth-order valence-corrected chi connectivity index (χ4v) is 1.70. The molecular formula is C16H17NO2. The zero-order valence-electron chi connectivity index (χ0n) is 11.2. The molecule has 98 valence electrons. The zero-order chi connectivity index (χ0) is 13.7. The Kier molecular flexibility index (Phi) is 4.18. The maximum Gasteiger partial charge on any atom is 0.223 e. The molecule has 0 N–H and O–H groups in total. The van der Waals surface area contributed by atoms with E-state index in [1.807, 2.05) is 54.6 Å². The second kappa shape index (κ2) is 6.05. The van der Waals surface area contributed by atoms with Crippen LogP contribution in [0.4, 0.5) is 5.69 Å². The van der Waals surface area contributed by atoms with Gasteiger partial charge in [0.2, 0.25) is 5.91 Å². The summed E-state index contributed by atoms with van der Waals surface area (Å²) in [5.74, 6) is 0.759. The van der Waals surface area contributed by atoms with E-state index in [0.29, 0.717) is 6.61 Å². The van der Waals surface area contributed by atoms with E-state index < -0.39 is 0 Å². The topological polar surface area (TPSA) is 29.5 Å². The van der Waals surface area contributed by atoms with Gasteiger partial charge in [-0.25, -0.2) is 0 Å². The monoisotopic (exact) mass is 255 g/mol. The van der Waals surface area contributed by atoms with Crippen LogP contribution in [0.3, 0.4) is 0 Å². The lowest BCUT2D eigenvalue weighted by molar-refractivity contribution is -0.116. The number of anilines is 1. The summed E-state index contributed by atoms with van der Waals surface area (Å²) < 4.78 is 5.72. The van der Waals surface area contributed by atoms with E-state index >= 15 is 0 Å². The van der Waals surface area contributed by atoms with Crippen LogP contribution in [-0.2, 0) is 11.4 Å². The molecule has 19 heavy (non-hydrogen) atoms. The van der Waals surface area contributed by atoms with E-state index in [1.54, 1.807) is 11.9 Å². The van der Waals surface area contributed by atoms with Gasteiger partial charge >= 0.3 is 0 Å². The first-order valence-electron chi connectivity index (χ1n) is 6.18. The van der Waals surface area contributed by atoms with Crippen LogP contribution >= 0.6 is 0 Å². The molecule has 2 aromatic rings. The van der Waals surface area contributed by atoms with Gasteiger partial charge in [0, 0.05) is 25.7 Å². The molecule has 0 atom stereocenters. The van der Waals surface area contributed by atoms with Crippen molar-refractivity contribution in [3.05, 3.63) is 60.2 Å². The van der Waals surface area contributed by atoms with E-state index in [4.69, 9.17) is 4.74 Å². The van der Waals surface area contributed by atoms with Crippen LogP contribution in [0.5, 0.6) is 5.75 Å². The van der Waals surface area contributed by atoms with Gasteiger partial charge in [-0.05, 0) is 17.7 Å². The predicted octanol–water partition coefficient (Wildman–Crippen LogP) is 3.25. The molecule has 2 aromatic carbocycles. The first-order chi connectivity index (χ1) is 9.16. The quantitative estimate of drug-likeness (QED) is 0.839.